The fraction of sp³-hybridized carbons (Fsp3) is 0.333. The van der Waals surface area contributed by atoms with Crippen LogP contribution >= 0.6 is 22.9 Å². The van der Waals surface area contributed by atoms with Gasteiger partial charge in [-0.15, -0.1) is 11.3 Å². The minimum absolute atomic E-state index is 0.193. The van der Waals surface area contributed by atoms with Crippen LogP contribution in [0.1, 0.15) is 34.9 Å². The lowest BCUT2D eigenvalue weighted by atomic mass is 9.94. The Morgan fingerprint density at radius 3 is 2.95 bits per heavy atom. The van der Waals surface area contributed by atoms with E-state index in [1.807, 2.05) is 19.1 Å². The van der Waals surface area contributed by atoms with Gasteiger partial charge in [0, 0.05) is 10.6 Å². The molecule has 0 aliphatic heterocycles. The molecule has 4 heteroatoms. The van der Waals surface area contributed by atoms with Crippen LogP contribution in [-0.2, 0) is 6.42 Å². The highest BCUT2D eigenvalue weighted by Gasteiger charge is 2.22. The van der Waals surface area contributed by atoms with Crippen LogP contribution in [0, 0.1) is 12.7 Å². The molecule has 0 spiro atoms. The molecular weight excluding hydrogens is 281 g/mol. The van der Waals surface area contributed by atoms with Crippen LogP contribution in [0.25, 0.3) is 0 Å². The molecule has 1 aliphatic carbocycles. The molecule has 100 valence electrons. The predicted molar refractivity (Wildman–Crippen MR) is 79.8 cm³/mol. The van der Waals surface area contributed by atoms with Gasteiger partial charge in [-0.3, -0.25) is 0 Å². The number of hydrogen-bond donors (Lipinski definition) is 1. The van der Waals surface area contributed by atoms with Gasteiger partial charge in [-0.25, -0.2) is 4.39 Å². The number of anilines is 1. The topological polar surface area (TPSA) is 12.0 Å². The summed E-state index contributed by atoms with van der Waals surface area (Å²) in [6, 6.07) is 7.36. The Morgan fingerprint density at radius 2 is 2.16 bits per heavy atom. The number of rotatable bonds is 2. The molecule has 1 nitrogen and oxygen atoms in total. The summed E-state index contributed by atoms with van der Waals surface area (Å²) >= 11 is 7.76. The maximum absolute atomic E-state index is 13.4. The largest absolute Gasteiger partial charge is 0.378 e. The molecule has 0 fully saturated rings. The molecule has 0 saturated carbocycles. The van der Waals surface area contributed by atoms with Gasteiger partial charge in [0.2, 0.25) is 0 Å². The van der Waals surface area contributed by atoms with Crippen molar-refractivity contribution >= 4 is 28.6 Å². The maximum Gasteiger partial charge on any atom is 0.125 e. The summed E-state index contributed by atoms with van der Waals surface area (Å²) in [6.07, 6.45) is 3.32. The number of thiophene rings is 1. The summed E-state index contributed by atoms with van der Waals surface area (Å²) in [4.78, 5) is 1.36. The zero-order valence-electron chi connectivity index (χ0n) is 10.7. The fourth-order valence-corrected chi connectivity index (χ4v) is 4.08. The van der Waals surface area contributed by atoms with Crippen LogP contribution in [0.15, 0.2) is 24.3 Å². The second kappa shape index (κ2) is 5.14. The van der Waals surface area contributed by atoms with Gasteiger partial charge in [0.1, 0.15) is 5.82 Å². The number of fused-ring (bicyclic) bond motifs is 1. The quantitative estimate of drug-likeness (QED) is 0.788. The van der Waals surface area contributed by atoms with E-state index in [1.165, 1.54) is 10.4 Å². The molecule has 1 unspecified atom stereocenters. The Morgan fingerprint density at radius 1 is 1.32 bits per heavy atom. The highest BCUT2D eigenvalue weighted by Crippen LogP contribution is 2.39. The van der Waals surface area contributed by atoms with Gasteiger partial charge in [-0.2, -0.15) is 0 Å². The minimum Gasteiger partial charge on any atom is -0.378 e. The van der Waals surface area contributed by atoms with Crippen molar-refractivity contribution in [2.45, 2.75) is 32.2 Å². The van der Waals surface area contributed by atoms with E-state index in [-0.39, 0.29) is 11.9 Å². The van der Waals surface area contributed by atoms with Gasteiger partial charge >= 0.3 is 0 Å². The third kappa shape index (κ3) is 2.77. The third-order valence-corrected chi connectivity index (χ3v) is 4.81. The van der Waals surface area contributed by atoms with E-state index >= 15 is 0 Å². The van der Waals surface area contributed by atoms with E-state index in [2.05, 4.69) is 5.32 Å². The number of benzene rings is 1. The standard InChI is InChI=1S/C15H15ClFNS/c1-9-5-10(17)7-11(6-9)18-13-3-2-4-14-12(13)8-15(16)19-14/h5-8,13,18H,2-4H2,1H3. The number of aryl methyl sites for hydroxylation is 2. The van der Waals surface area contributed by atoms with E-state index in [0.717, 1.165) is 34.8 Å². The van der Waals surface area contributed by atoms with Crippen LogP contribution in [0.3, 0.4) is 0 Å². The molecule has 1 aromatic carbocycles. The summed E-state index contributed by atoms with van der Waals surface area (Å²) in [5.41, 5.74) is 3.06. The summed E-state index contributed by atoms with van der Waals surface area (Å²) in [7, 11) is 0. The van der Waals surface area contributed by atoms with Crippen molar-refractivity contribution in [1.82, 2.24) is 0 Å². The van der Waals surface area contributed by atoms with E-state index < -0.39 is 0 Å². The third-order valence-electron chi connectivity index (χ3n) is 3.47. The first-order valence-corrected chi connectivity index (χ1v) is 7.63. The molecule has 19 heavy (non-hydrogen) atoms. The van der Waals surface area contributed by atoms with Gasteiger partial charge in [-0.05, 0) is 61.6 Å². The van der Waals surface area contributed by atoms with Gasteiger partial charge in [0.05, 0.1) is 10.4 Å². The molecule has 0 amide bonds. The Labute approximate surface area is 121 Å². The van der Waals surface area contributed by atoms with E-state index in [9.17, 15) is 4.39 Å². The number of nitrogens with one attached hydrogen (secondary N) is 1. The average molecular weight is 296 g/mol. The van der Waals surface area contributed by atoms with Crippen LogP contribution in [0.4, 0.5) is 10.1 Å². The smallest absolute Gasteiger partial charge is 0.125 e. The van der Waals surface area contributed by atoms with Crippen LogP contribution in [0.5, 0.6) is 0 Å². The van der Waals surface area contributed by atoms with Crippen molar-refractivity contribution in [3.05, 3.63) is 50.4 Å². The zero-order valence-corrected chi connectivity index (χ0v) is 12.2. The minimum atomic E-state index is -0.193. The van der Waals surface area contributed by atoms with Crippen molar-refractivity contribution in [2.75, 3.05) is 5.32 Å². The lowest BCUT2D eigenvalue weighted by molar-refractivity contribution is 0.605. The Balaban J connectivity index is 1.88. The monoisotopic (exact) mass is 295 g/mol. The van der Waals surface area contributed by atoms with E-state index in [4.69, 9.17) is 11.6 Å². The van der Waals surface area contributed by atoms with Gasteiger partial charge < -0.3 is 5.32 Å². The van der Waals surface area contributed by atoms with Gasteiger partial charge in [-0.1, -0.05) is 11.6 Å². The molecule has 0 bridgehead atoms. The average Bonchev–Trinajstić information content (AvgIpc) is 2.69. The van der Waals surface area contributed by atoms with Crippen molar-refractivity contribution < 1.29 is 4.39 Å². The van der Waals surface area contributed by atoms with Crippen LogP contribution in [-0.4, -0.2) is 0 Å². The van der Waals surface area contributed by atoms with Gasteiger partial charge in [0.15, 0.2) is 0 Å². The molecule has 0 saturated heterocycles. The summed E-state index contributed by atoms with van der Waals surface area (Å²) in [5, 5.41) is 3.44. The number of halogens is 2. The highest BCUT2D eigenvalue weighted by molar-refractivity contribution is 7.16. The second-order valence-electron chi connectivity index (χ2n) is 5.04. The summed E-state index contributed by atoms with van der Waals surface area (Å²) in [5.74, 6) is -0.193. The van der Waals surface area contributed by atoms with Crippen LogP contribution < -0.4 is 5.32 Å². The summed E-state index contributed by atoms with van der Waals surface area (Å²) < 4.78 is 14.3. The first-order valence-electron chi connectivity index (χ1n) is 6.43. The molecule has 3 rings (SSSR count). The molecule has 0 radical (unpaired) electrons. The Bertz CT molecular complexity index is 588. The van der Waals surface area contributed by atoms with Gasteiger partial charge in [0.25, 0.3) is 0 Å². The first kappa shape index (κ1) is 12.9. The normalized spacial score (nSPS) is 18.2. The SMILES string of the molecule is Cc1cc(F)cc(NC2CCCc3sc(Cl)cc32)c1. The molecular formula is C15H15ClFNS. The molecule has 1 atom stereocenters. The lowest BCUT2D eigenvalue weighted by Gasteiger charge is -2.24. The van der Waals surface area contributed by atoms with Crippen molar-refractivity contribution in [3.63, 3.8) is 0 Å². The first-order chi connectivity index (χ1) is 9.11. The predicted octanol–water partition coefficient (Wildman–Crippen LogP) is 5.34. The fourth-order valence-electron chi connectivity index (χ4n) is 2.69. The molecule has 1 aromatic heterocycles. The Kier molecular flexibility index (Phi) is 3.50. The zero-order chi connectivity index (χ0) is 13.4. The second-order valence-corrected chi connectivity index (χ2v) is 6.80. The van der Waals surface area contributed by atoms with E-state index in [0.29, 0.717) is 0 Å². The van der Waals surface area contributed by atoms with Crippen molar-refractivity contribution in [2.24, 2.45) is 0 Å². The van der Waals surface area contributed by atoms with E-state index in [1.54, 1.807) is 23.5 Å². The summed E-state index contributed by atoms with van der Waals surface area (Å²) in [6.45, 7) is 1.90. The molecule has 1 N–H and O–H groups in total. The van der Waals surface area contributed by atoms with Crippen molar-refractivity contribution in [3.8, 4) is 0 Å². The maximum atomic E-state index is 13.4. The molecule has 2 aromatic rings. The lowest BCUT2D eigenvalue weighted by Crippen LogP contribution is -2.15. The van der Waals surface area contributed by atoms with Crippen LogP contribution in [0.2, 0.25) is 4.34 Å². The Hall–Kier alpha value is -1.06. The molecule has 1 heterocycles. The van der Waals surface area contributed by atoms with Crippen molar-refractivity contribution in [1.29, 1.82) is 0 Å². The highest BCUT2D eigenvalue weighted by atomic mass is 35.5. The number of hydrogen-bond acceptors (Lipinski definition) is 2. The molecule has 1 aliphatic rings.